The van der Waals surface area contributed by atoms with Crippen LogP contribution in [0.1, 0.15) is 25.3 Å². The Kier molecular flexibility index (Phi) is 2.75. The molecule has 3 heterocycles. The van der Waals surface area contributed by atoms with Crippen molar-refractivity contribution in [3.8, 4) is 0 Å². The number of sulfone groups is 1. The second kappa shape index (κ2) is 4.15. The maximum absolute atomic E-state index is 12.2. The van der Waals surface area contributed by atoms with Gasteiger partial charge in [-0.25, -0.2) is 13.4 Å². The highest BCUT2D eigenvalue weighted by atomic mass is 32.2. The zero-order valence-corrected chi connectivity index (χ0v) is 12.2. The lowest BCUT2D eigenvalue weighted by molar-refractivity contribution is -0.133. The molecule has 2 aliphatic heterocycles. The molecule has 7 nitrogen and oxygen atoms in total. The fraction of sp³-hybridized carbons (Fsp3) is 0.583. The minimum Gasteiger partial charge on any atom is -0.275 e. The number of hydrogen-bond acceptors (Lipinski definition) is 5. The molecule has 1 aromatic heterocycles. The van der Waals surface area contributed by atoms with Gasteiger partial charge < -0.3 is 0 Å². The van der Waals surface area contributed by atoms with Crippen molar-refractivity contribution in [1.82, 2.24) is 14.8 Å². The van der Waals surface area contributed by atoms with Crippen molar-refractivity contribution in [3.05, 3.63) is 18.0 Å². The van der Waals surface area contributed by atoms with Crippen molar-refractivity contribution in [2.75, 3.05) is 11.5 Å². The Hall–Kier alpha value is -1.70. The van der Waals surface area contributed by atoms with Crippen LogP contribution in [0.25, 0.3) is 0 Å². The first-order valence-corrected chi connectivity index (χ1v) is 8.21. The van der Waals surface area contributed by atoms with Gasteiger partial charge in [0.15, 0.2) is 9.84 Å². The van der Waals surface area contributed by atoms with E-state index in [-0.39, 0.29) is 23.8 Å². The van der Waals surface area contributed by atoms with Crippen LogP contribution < -0.4 is 0 Å². The zero-order chi connectivity index (χ0) is 14.5. The van der Waals surface area contributed by atoms with E-state index >= 15 is 0 Å². The summed E-state index contributed by atoms with van der Waals surface area (Å²) in [4.78, 5) is 12.2. The van der Waals surface area contributed by atoms with E-state index < -0.39 is 15.4 Å². The fourth-order valence-corrected chi connectivity index (χ4v) is 4.85. The standard InChI is InChI=1S/C12H16N4O3S/c1-12(3-4-20(18,19)8-12)16-11(17)5-10(14-16)9-6-13-15(2)7-9/h6-7H,3-5,8H2,1-2H3. The summed E-state index contributed by atoms with van der Waals surface area (Å²) in [6.07, 6.45) is 4.08. The normalized spacial score (nSPS) is 29.0. The Morgan fingerprint density at radius 1 is 1.40 bits per heavy atom. The van der Waals surface area contributed by atoms with Gasteiger partial charge in [0.05, 0.1) is 35.4 Å². The molecule has 1 aromatic rings. The first kappa shape index (κ1) is 13.3. The summed E-state index contributed by atoms with van der Waals surface area (Å²) in [5.74, 6) is -0.0518. The Labute approximate surface area is 117 Å². The van der Waals surface area contributed by atoms with Crippen LogP contribution in [0.2, 0.25) is 0 Å². The maximum Gasteiger partial charge on any atom is 0.249 e. The van der Waals surface area contributed by atoms with Crippen molar-refractivity contribution in [1.29, 1.82) is 0 Å². The number of nitrogens with zero attached hydrogens (tertiary/aromatic N) is 4. The molecule has 0 radical (unpaired) electrons. The molecule has 1 atom stereocenters. The van der Waals surface area contributed by atoms with E-state index in [4.69, 9.17) is 0 Å². The van der Waals surface area contributed by atoms with Crippen LogP contribution in [0.4, 0.5) is 0 Å². The van der Waals surface area contributed by atoms with E-state index in [0.29, 0.717) is 12.1 Å². The van der Waals surface area contributed by atoms with Gasteiger partial charge in [-0.3, -0.25) is 9.48 Å². The average molecular weight is 296 g/mol. The minimum absolute atomic E-state index is 0.0183. The van der Waals surface area contributed by atoms with E-state index in [0.717, 1.165) is 5.56 Å². The van der Waals surface area contributed by atoms with Gasteiger partial charge in [-0.1, -0.05) is 0 Å². The number of hydrazone groups is 1. The lowest BCUT2D eigenvalue weighted by Crippen LogP contribution is -2.45. The van der Waals surface area contributed by atoms with E-state index in [1.54, 1.807) is 31.0 Å². The summed E-state index contributed by atoms with van der Waals surface area (Å²) in [5.41, 5.74) is 0.723. The molecular weight excluding hydrogens is 280 g/mol. The Bertz CT molecular complexity index is 706. The van der Waals surface area contributed by atoms with Crippen molar-refractivity contribution in [2.45, 2.75) is 25.3 Å². The van der Waals surface area contributed by atoms with Gasteiger partial charge in [0.1, 0.15) is 0 Å². The highest BCUT2D eigenvalue weighted by Gasteiger charge is 2.47. The second-order valence-electron chi connectivity index (χ2n) is 5.67. The zero-order valence-electron chi connectivity index (χ0n) is 11.4. The number of rotatable bonds is 2. The highest BCUT2D eigenvalue weighted by Crippen LogP contribution is 2.33. The third-order valence-electron chi connectivity index (χ3n) is 3.81. The van der Waals surface area contributed by atoms with Crippen LogP contribution >= 0.6 is 0 Å². The second-order valence-corrected chi connectivity index (χ2v) is 7.85. The van der Waals surface area contributed by atoms with E-state index in [9.17, 15) is 13.2 Å². The number of aryl methyl sites for hydroxylation is 1. The lowest BCUT2D eigenvalue weighted by Gasteiger charge is -2.30. The van der Waals surface area contributed by atoms with Gasteiger partial charge in [0.25, 0.3) is 0 Å². The van der Waals surface area contributed by atoms with Gasteiger partial charge in [0.2, 0.25) is 5.91 Å². The third kappa shape index (κ3) is 2.13. The molecule has 0 aromatic carbocycles. The lowest BCUT2D eigenvalue weighted by atomic mass is 10.0. The topological polar surface area (TPSA) is 84.6 Å². The Morgan fingerprint density at radius 3 is 2.70 bits per heavy atom. The summed E-state index contributed by atoms with van der Waals surface area (Å²) >= 11 is 0. The molecule has 1 saturated heterocycles. The van der Waals surface area contributed by atoms with Crippen LogP contribution in [-0.4, -0.2) is 51.9 Å². The smallest absolute Gasteiger partial charge is 0.249 e. The molecule has 0 bridgehead atoms. The largest absolute Gasteiger partial charge is 0.275 e. The number of amides is 1. The summed E-state index contributed by atoms with van der Waals surface area (Å²) in [6.45, 7) is 1.78. The van der Waals surface area contributed by atoms with E-state index in [1.807, 2.05) is 0 Å². The molecule has 1 fully saturated rings. The van der Waals surface area contributed by atoms with E-state index in [1.165, 1.54) is 5.01 Å². The summed E-state index contributed by atoms with van der Waals surface area (Å²) in [5, 5.41) is 9.77. The van der Waals surface area contributed by atoms with Gasteiger partial charge in [-0.2, -0.15) is 10.2 Å². The van der Waals surface area contributed by atoms with E-state index in [2.05, 4.69) is 10.2 Å². The van der Waals surface area contributed by atoms with Crippen LogP contribution in [0, 0.1) is 0 Å². The predicted octanol–water partition coefficient (Wildman–Crippen LogP) is -0.0663. The van der Waals surface area contributed by atoms with Crippen molar-refractivity contribution in [2.24, 2.45) is 12.1 Å². The molecule has 3 rings (SSSR count). The molecule has 0 saturated carbocycles. The molecule has 0 spiro atoms. The number of carbonyl (C=O) groups excluding carboxylic acids is 1. The first-order chi connectivity index (χ1) is 9.29. The number of carbonyl (C=O) groups is 1. The third-order valence-corrected chi connectivity index (χ3v) is 5.70. The van der Waals surface area contributed by atoms with Crippen LogP contribution in [0.3, 0.4) is 0 Å². The Morgan fingerprint density at radius 2 is 2.15 bits per heavy atom. The van der Waals surface area contributed by atoms with Gasteiger partial charge in [0, 0.05) is 18.8 Å². The van der Waals surface area contributed by atoms with Crippen molar-refractivity contribution in [3.63, 3.8) is 0 Å². The summed E-state index contributed by atoms with van der Waals surface area (Å²) in [7, 11) is -1.28. The SMILES string of the molecule is Cn1cc(C2=NN(C3(C)CCS(=O)(=O)C3)C(=O)C2)cn1. The average Bonchev–Trinajstić information content (AvgIpc) is 2.99. The molecule has 1 amide bonds. The van der Waals surface area contributed by atoms with Gasteiger partial charge in [-0.05, 0) is 13.3 Å². The molecule has 0 N–H and O–H groups in total. The predicted molar refractivity (Wildman–Crippen MR) is 72.9 cm³/mol. The van der Waals surface area contributed by atoms with Crippen molar-refractivity contribution < 1.29 is 13.2 Å². The summed E-state index contributed by atoms with van der Waals surface area (Å²) < 4.78 is 25.0. The molecule has 0 aliphatic carbocycles. The molecule has 8 heteroatoms. The molecule has 1 unspecified atom stereocenters. The maximum atomic E-state index is 12.2. The van der Waals surface area contributed by atoms with Crippen LogP contribution in [-0.2, 0) is 21.7 Å². The van der Waals surface area contributed by atoms with Gasteiger partial charge in [-0.15, -0.1) is 0 Å². The summed E-state index contributed by atoms with van der Waals surface area (Å²) in [6, 6.07) is 0. The first-order valence-electron chi connectivity index (χ1n) is 6.39. The number of hydrogen-bond donors (Lipinski definition) is 0. The van der Waals surface area contributed by atoms with Crippen LogP contribution in [0.5, 0.6) is 0 Å². The molecule has 20 heavy (non-hydrogen) atoms. The monoisotopic (exact) mass is 296 g/mol. The highest BCUT2D eigenvalue weighted by molar-refractivity contribution is 7.91. The van der Waals surface area contributed by atoms with Crippen molar-refractivity contribution >= 4 is 21.5 Å². The Balaban J connectivity index is 1.91. The van der Waals surface area contributed by atoms with Crippen LogP contribution in [0.15, 0.2) is 17.5 Å². The molecule has 2 aliphatic rings. The van der Waals surface area contributed by atoms with Gasteiger partial charge >= 0.3 is 0 Å². The molecule has 108 valence electrons. The quantitative estimate of drug-likeness (QED) is 0.765. The fourth-order valence-electron chi connectivity index (χ4n) is 2.74. The molecular formula is C12H16N4O3S. The minimum atomic E-state index is -3.07. The number of aromatic nitrogens is 2.